The van der Waals surface area contributed by atoms with Crippen molar-refractivity contribution in [2.24, 2.45) is 5.41 Å². The van der Waals surface area contributed by atoms with Gasteiger partial charge in [0.1, 0.15) is 0 Å². The number of halogens is 2. The van der Waals surface area contributed by atoms with Crippen molar-refractivity contribution in [1.29, 1.82) is 0 Å². The zero-order valence-electron chi connectivity index (χ0n) is 12.3. The molecule has 0 radical (unpaired) electrons. The van der Waals surface area contributed by atoms with Gasteiger partial charge in [0.2, 0.25) is 0 Å². The Hall–Kier alpha value is -0.570. The third-order valence-electron chi connectivity index (χ3n) is 5.18. The average molecular weight is 326 g/mol. The number of hydrogen-bond donors (Lipinski definition) is 1. The minimum absolute atomic E-state index is 0.237. The molecule has 2 heterocycles. The summed E-state index contributed by atoms with van der Waals surface area (Å²) in [5, 5.41) is 4.62. The van der Waals surface area contributed by atoms with Crippen LogP contribution in [0.4, 0.5) is 0 Å². The maximum atomic E-state index is 13.2. The molecule has 0 amide bonds. The monoisotopic (exact) mass is 325 g/mol. The van der Waals surface area contributed by atoms with E-state index in [2.05, 4.69) is 12.2 Å². The molecular formula is C17H21Cl2NO. The van der Waals surface area contributed by atoms with Crippen LogP contribution in [0.2, 0.25) is 10.0 Å². The molecule has 4 heteroatoms. The SMILES string of the molecule is CCC[C@@]1(C(=O)c2ccc(Cl)c(Cl)c2)CC[C@@H]2CC[C@H]1N2. The maximum absolute atomic E-state index is 13.2. The summed E-state index contributed by atoms with van der Waals surface area (Å²) in [7, 11) is 0. The third-order valence-corrected chi connectivity index (χ3v) is 5.92. The molecule has 114 valence electrons. The lowest BCUT2D eigenvalue weighted by molar-refractivity contribution is 0.0617. The first-order chi connectivity index (χ1) is 10.1. The van der Waals surface area contributed by atoms with Gasteiger partial charge in [-0.2, -0.15) is 0 Å². The van der Waals surface area contributed by atoms with E-state index in [0.29, 0.717) is 27.7 Å². The lowest BCUT2D eigenvalue weighted by atomic mass is 9.67. The van der Waals surface area contributed by atoms with Crippen molar-refractivity contribution >= 4 is 29.0 Å². The molecule has 2 fully saturated rings. The summed E-state index contributed by atoms with van der Waals surface area (Å²) in [4.78, 5) is 13.2. The summed E-state index contributed by atoms with van der Waals surface area (Å²) in [6.45, 7) is 2.16. The minimum atomic E-state index is -0.265. The van der Waals surface area contributed by atoms with Gasteiger partial charge in [-0.05, 0) is 50.3 Å². The van der Waals surface area contributed by atoms with Gasteiger partial charge in [-0.25, -0.2) is 0 Å². The van der Waals surface area contributed by atoms with Crippen molar-refractivity contribution in [1.82, 2.24) is 5.32 Å². The first-order valence-corrected chi connectivity index (χ1v) is 8.58. The van der Waals surface area contributed by atoms with E-state index in [4.69, 9.17) is 23.2 Å². The molecule has 1 N–H and O–H groups in total. The second kappa shape index (κ2) is 5.91. The molecular weight excluding hydrogens is 305 g/mol. The van der Waals surface area contributed by atoms with Crippen LogP contribution in [-0.4, -0.2) is 17.9 Å². The summed E-state index contributed by atoms with van der Waals surface area (Å²) in [6, 6.07) is 6.20. The highest BCUT2D eigenvalue weighted by Gasteiger charge is 2.50. The first-order valence-electron chi connectivity index (χ1n) is 7.83. The van der Waals surface area contributed by atoms with Crippen molar-refractivity contribution in [2.45, 2.75) is 57.5 Å². The molecule has 2 nitrogen and oxygen atoms in total. The van der Waals surface area contributed by atoms with E-state index in [1.807, 2.05) is 6.07 Å². The molecule has 1 aromatic carbocycles. The number of fused-ring (bicyclic) bond motifs is 2. The second-order valence-corrected chi connectivity index (χ2v) is 7.21. The van der Waals surface area contributed by atoms with E-state index < -0.39 is 0 Å². The van der Waals surface area contributed by atoms with Crippen LogP contribution in [0.1, 0.15) is 55.8 Å². The maximum Gasteiger partial charge on any atom is 0.170 e. The van der Waals surface area contributed by atoms with E-state index >= 15 is 0 Å². The van der Waals surface area contributed by atoms with E-state index in [9.17, 15) is 4.79 Å². The van der Waals surface area contributed by atoms with Crippen LogP contribution in [-0.2, 0) is 0 Å². The van der Waals surface area contributed by atoms with Crippen molar-refractivity contribution in [3.8, 4) is 0 Å². The molecule has 2 saturated heterocycles. The Kier molecular flexibility index (Phi) is 4.31. The Bertz CT molecular complexity index is 560. The number of ketones is 1. The van der Waals surface area contributed by atoms with E-state index in [1.165, 1.54) is 6.42 Å². The van der Waals surface area contributed by atoms with E-state index in [1.54, 1.807) is 12.1 Å². The molecule has 0 aromatic heterocycles. The third kappa shape index (κ3) is 2.62. The van der Waals surface area contributed by atoms with Crippen molar-refractivity contribution < 1.29 is 4.79 Å². The van der Waals surface area contributed by atoms with Crippen LogP contribution in [0.5, 0.6) is 0 Å². The summed E-state index contributed by atoms with van der Waals surface area (Å²) in [5.41, 5.74) is 0.434. The highest BCUT2D eigenvalue weighted by molar-refractivity contribution is 6.42. The van der Waals surface area contributed by atoms with Crippen LogP contribution in [0.3, 0.4) is 0 Å². The highest BCUT2D eigenvalue weighted by atomic mass is 35.5. The number of hydrogen-bond acceptors (Lipinski definition) is 2. The number of Topliss-reactive ketones (excluding diaryl/α,β-unsaturated/α-hetero) is 1. The second-order valence-electron chi connectivity index (χ2n) is 6.40. The Labute approximate surface area is 136 Å². The fraction of sp³-hybridized carbons (Fsp3) is 0.588. The predicted molar refractivity (Wildman–Crippen MR) is 87.3 cm³/mol. The number of carbonyl (C=O) groups excluding carboxylic acids is 1. The minimum Gasteiger partial charge on any atom is -0.310 e. The average Bonchev–Trinajstić information content (AvgIpc) is 2.89. The summed E-state index contributed by atoms with van der Waals surface area (Å²) in [5.74, 6) is 0.237. The Morgan fingerprint density at radius 1 is 1.29 bits per heavy atom. The molecule has 3 atom stereocenters. The van der Waals surface area contributed by atoms with Crippen LogP contribution in [0, 0.1) is 5.41 Å². The van der Waals surface area contributed by atoms with Gasteiger partial charge in [-0.3, -0.25) is 4.79 Å². The number of carbonyl (C=O) groups is 1. The molecule has 21 heavy (non-hydrogen) atoms. The standard InChI is InChI=1S/C17H21Cl2NO/c1-2-8-17(9-7-12-4-6-15(17)20-12)16(21)11-3-5-13(18)14(19)10-11/h3,5,10,12,15,20H,2,4,6-9H2,1H3/t12-,15+,17+/m0/s1. The quantitative estimate of drug-likeness (QED) is 0.799. The zero-order chi connectivity index (χ0) is 15.0. The normalized spacial score (nSPS) is 31.4. The van der Waals surface area contributed by atoms with Gasteiger partial charge >= 0.3 is 0 Å². The topological polar surface area (TPSA) is 29.1 Å². The van der Waals surface area contributed by atoms with E-state index in [0.717, 1.165) is 32.1 Å². The molecule has 3 rings (SSSR count). The molecule has 0 aliphatic carbocycles. The van der Waals surface area contributed by atoms with Crippen LogP contribution < -0.4 is 5.32 Å². The van der Waals surface area contributed by atoms with Crippen LogP contribution >= 0.6 is 23.2 Å². The Morgan fingerprint density at radius 2 is 2.10 bits per heavy atom. The lowest BCUT2D eigenvalue weighted by Gasteiger charge is -2.42. The number of piperidine rings is 1. The number of rotatable bonds is 4. The van der Waals surface area contributed by atoms with Gasteiger partial charge in [-0.1, -0.05) is 36.5 Å². The molecule has 0 unspecified atom stereocenters. The largest absolute Gasteiger partial charge is 0.310 e. The van der Waals surface area contributed by atoms with Gasteiger partial charge in [-0.15, -0.1) is 0 Å². The van der Waals surface area contributed by atoms with Gasteiger partial charge in [0.15, 0.2) is 5.78 Å². The molecule has 1 aromatic rings. The summed E-state index contributed by atoms with van der Waals surface area (Å²) >= 11 is 12.1. The molecule has 2 aliphatic rings. The zero-order valence-corrected chi connectivity index (χ0v) is 13.8. The number of benzene rings is 1. The van der Waals surface area contributed by atoms with Crippen LogP contribution in [0.15, 0.2) is 18.2 Å². The van der Waals surface area contributed by atoms with Crippen molar-refractivity contribution in [3.63, 3.8) is 0 Å². The van der Waals surface area contributed by atoms with Gasteiger partial charge < -0.3 is 5.32 Å². The molecule has 0 spiro atoms. The Morgan fingerprint density at radius 3 is 2.81 bits per heavy atom. The smallest absolute Gasteiger partial charge is 0.170 e. The van der Waals surface area contributed by atoms with Crippen molar-refractivity contribution in [2.75, 3.05) is 0 Å². The predicted octanol–water partition coefficient (Wildman–Crippen LogP) is 4.88. The van der Waals surface area contributed by atoms with Gasteiger partial charge in [0.05, 0.1) is 10.0 Å². The van der Waals surface area contributed by atoms with Crippen molar-refractivity contribution in [3.05, 3.63) is 33.8 Å². The molecule has 2 bridgehead atoms. The number of nitrogens with one attached hydrogen (secondary N) is 1. The lowest BCUT2D eigenvalue weighted by Crippen LogP contribution is -2.52. The van der Waals surface area contributed by atoms with Gasteiger partial charge in [0.25, 0.3) is 0 Å². The summed E-state index contributed by atoms with van der Waals surface area (Å²) < 4.78 is 0. The van der Waals surface area contributed by atoms with Crippen LogP contribution in [0.25, 0.3) is 0 Å². The Balaban J connectivity index is 1.96. The molecule has 2 aliphatic heterocycles. The van der Waals surface area contributed by atoms with Gasteiger partial charge in [0, 0.05) is 23.1 Å². The van der Waals surface area contributed by atoms with E-state index in [-0.39, 0.29) is 11.2 Å². The fourth-order valence-electron chi connectivity index (χ4n) is 4.14. The highest BCUT2D eigenvalue weighted by Crippen LogP contribution is 2.46. The summed E-state index contributed by atoms with van der Waals surface area (Å²) in [6.07, 6.45) is 6.36. The molecule has 0 saturated carbocycles. The fourth-order valence-corrected chi connectivity index (χ4v) is 4.44. The first kappa shape index (κ1) is 15.3.